The van der Waals surface area contributed by atoms with Crippen LogP contribution >= 0.6 is 0 Å². The van der Waals surface area contributed by atoms with E-state index in [1.165, 1.54) is 0 Å². The highest BCUT2D eigenvalue weighted by atomic mass is 16.5. The number of carbonyl (C=O) groups excluding carboxylic acids is 1. The van der Waals surface area contributed by atoms with Crippen LogP contribution < -0.4 is 9.47 Å². The Bertz CT molecular complexity index is 1250. The molecular weight excluding hydrogens is 416 g/mol. The predicted molar refractivity (Wildman–Crippen MR) is 129 cm³/mol. The molecule has 1 N–H and O–H groups in total. The Hall–Kier alpha value is -3.38. The van der Waals surface area contributed by atoms with Crippen LogP contribution in [0.1, 0.15) is 46.4 Å². The summed E-state index contributed by atoms with van der Waals surface area (Å²) in [5.41, 5.74) is 5.40. The summed E-state index contributed by atoms with van der Waals surface area (Å²) in [5, 5.41) is 11.0. The summed E-state index contributed by atoms with van der Waals surface area (Å²) in [6.07, 6.45) is 4.74. The maximum absolute atomic E-state index is 13.7. The van der Waals surface area contributed by atoms with Gasteiger partial charge in [-0.2, -0.15) is 0 Å². The molecule has 1 aliphatic heterocycles. The summed E-state index contributed by atoms with van der Waals surface area (Å²) in [6, 6.07) is 13.6. The van der Waals surface area contributed by atoms with Crippen molar-refractivity contribution in [3.8, 4) is 11.5 Å². The number of pyridine rings is 1. The van der Waals surface area contributed by atoms with Crippen molar-refractivity contribution in [1.82, 2.24) is 9.88 Å². The molecule has 0 saturated carbocycles. The third-order valence-electron chi connectivity index (χ3n) is 6.60. The van der Waals surface area contributed by atoms with Crippen LogP contribution in [0.15, 0.2) is 42.5 Å². The van der Waals surface area contributed by atoms with Gasteiger partial charge in [-0.1, -0.05) is 30.3 Å². The van der Waals surface area contributed by atoms with Crippen molar-refractivity contribution in [1.29, 1.82) is 0 Å². The molecule has 33 heavy (non-hydrogen) atoms. The molecule has 3 aromatic rings. The smallest absolute Gasteiger partial charge is 0.254 e. The van der Waals surface area contributed by atoms with E-state index in [0.29, 0.717) is 24.6 Å². The standard InChI is InChI=1S/C27H28N2O4/c1-32-23-11-5-7-18(26(23)33-2)15-17-12-13-21-24(27(31)29-14-6-8-19(30)16-29)20-9-3-4-10-22(20)28-25(17)21/h3-5,7,9-11,15,19,30H,6,8,12-14,16H2,1-2H3/b17-15-. The Morgan fingerprint density at radius 1 is 1.12 bits per heavy atom. The topological polar surface area (TPSA) is 71.9 Å². The van der Waals surface area contributed by atoms with Crippen LogP contribution in [0.5, 0.6) is 11.5 Å². The van der Waals surface area contributed by atoms with Crippen molar-refractivity contribution >= 4 is 28.5 Å². The lowest BCUT2D eigenvalue weighted by atomic mass is 9.98. The highest BCUT2D eigenvalue weighted by Gasteiger charge is 2.31. The number of methoxy groups -OCH3 is 2. The number of carbonyl (C=O) groups is 1. The molecule has 1 unspecified atom stereocenters. The van der Waals surface area contributed by atoms with Crippen molar-refractivity contribution < 1.29 is 19.4 Å². The van der Waals surface area contributed by atoms with Gasteiger partial charge < -0.3 is 19.5 Å². The van der Waals surface area contributed by atoms with E-state index < -0.39 is 6.10 Å². The summed E-state index contributed by atoms with van der Waals surface area (Å²) in [6.45, 7) is 1.05. The second-order valence-corrected chi connectivity index (χ2v) is 8.63. The van der Waals surface area contributed by atoms with E-state index in [0.717, 1.165) is 64.5 Å². The first-order valence-electron chi connectivity index (χ1n) is 11.4. The molecule has 170 valence electrons. The van der Waals surface area contributed by atoms with Gasteiger partial charge in [0.25, 0.3) is 5.91 Å². The molecule has 2 aromatic carbocycles. The zero-order chi connectivity index (χ0) is 22.9. The van der Waals surface area contributed by atoms with Crippen LogP contribution in [0.25, 0.3) is 22.6 Å². The number of aromatic nitrogens is 1. The number of piperidine rings is 1. The van der Waals surface area contributed by atoms with E-state index in [9.17, 15) is 9.90 Å². The maximum Gasteiger partial charge on any atom is 0.254 e. The highest BCUT2D eigenvalue weighted by molar-refractivity contribution is 6.09. The van der Waals surface area contributed by atoms with Gasteiger partial charge in [0.2, 0.25) is 0 Å². The van der Waals surface area contributed by atoms with Gasteiger partial charge in [0.05, 0.1) is 37.1 Å². The van der Waals surface area contributed by atoms with Crippen LogP contribution in [0.3, 0.4) is 0 Å². The number of hydrogen-bond acceptors (Lipinski definition) is 5. The van der Waals surface area contributed by atoms with Crippen molar-refractivity contribution in [3.05, 3.63) is 64.8 Å². The van der Waals surface area contributed by atoms with Crippen LogP contribution in [-0.2, 0) is 6.42 Å². The predicted octanol–water partition coefficient (Wildman–Crippen LogP) is 4.34. The number of ether oxygens (including phenoxy) is 2. The number of nitrogens with zero attached hydrogens (tertiary/aromatic N) is 2. The van der Waals surface area contributed by atoms with E-state index in [4.69, 9.17) is 14.5 Å². The van der Waals surface area contributed by atoms with Gasteiger partial charge in [-0.25, -0.2) is 4.98 Å². The van der Waals surface area contributed by atoms with Crippen molar-refractivity contribution in [2.24, 2.45) is 0 Å². The molecular formula is C27H28N2O4. The Morgan fingerprint density at radius 2 is 1.97 bits per heavy atom. The fraction of sp³-hybridized carbons (Fsp3) is 0.333. The Labute approximate surface area is 193 Å². The summed E-state index contributed by atoms with van der Waals surface area (Å²) < 4.78 is 11.1. The number of hydrogen-bond donors (Lipinski definition) is 1. The lowest BCUT2D eigenvalue weighted by molar-refractivity contribution is 0.0474. The van der Waals surface area contributed by atoms with Gasteiger partial charge in [0.15, 0.2) is 11.5 Å². The average Bonchev–Trinajstić information content (AvgIpc) is 3.23. The minimum absolute atomic E-state index is 0.0104. The normalized spacial score (nSPS) is 19.1. The van der Waals surface area contributed by atoms with E-state index in [1.54, 1.807) is 19.1 Å². The summed E-state index contributed by atoms with van der Waals surface area (Å²) in [4.78, 5) is 20.5. The van der Waals surface area contributed by atoms with Gasteiger partial charge in [-0.05, 0) is 55.0 Å². The molecule has 2 heterocycles. The molecule has 1 atom stereocenters. The van der Waals surface area contributed by atoms with Gasteiger partial charge in [-0.15, -0.1) is 0 Å². The second-order valence-electron chi connectivity index (χ2n) is 8.63. The number of benzene rings is 2. The zero-order valence-corrected chi connectivity index (χ0v) is 19.0. The second kappa shape index (κ2) is 8.87. The Balaban J connectivity index is 1.64. The van der Waals surface area contributed by atoms with Crippen molar-refractivity contribution in [2.75, 3.05) is 27.3 Å². The lowest BCUT2D eigenvalue weighted by Crippen LogP contribution is -2.42. The molecule has 6 heteroatoms. The number of fused-ring (bicyclic) bond motifs is 2. The first-order chi connectivity index (χ1) is 16.1. The third-order valence-corrected chi connectivity index (χ3v) is 6.60. The van der Waals surface area contributed by atoms with E-state index in [2.05, 4.69) is 6.08 Å². The molecule has 1 aliphatic carbocycles. The minimum Gasteiger partial charge on any atom is -0.493 e. The SMILES string of the molecule is COc1cccc(/C=C2/CCc3c2nc2ccccc2c3C(=O)N2CCCC(O)C2)c1OC. The maximum atomic E-state index is 13.7. The Kier molecular flexibility index (Phi) is 5.77. The zero-order valence-electron chi connectivity index (χ0n) is 19.0. The molecule has 1 fully saturated rings. The number of likely N-dealkylation sites (tertiary alicyclic amines) is 1. The number of para-hydroxylation sites is 2. The Morgan fingerprint density at radius 3 is 2.76 bits per heavy atom. The molecule has 5 rings (SSSR count). The highest BCUT2D eigenvalue weighted by Crippen LogP contribution is 2.40. The monoisotopic (exact) mass is 444 g/mol. The van der Waals surface area contributed by atoms with E-state index in [1.807, 2.05) is 42.5 Å². The molecule has 0 radical (unpaired) electrons. The molecule has 0 bridgehead atoms. The third kappa shape index (κ3) is 3.85. The van der Waals surface area contributed by atoms with Crippen molar-refractivity contribution in [2.45, 2.75) is 31.8 Å². The molecule has 0 spiro atoms. The number of allylic oxidation sites excluding steroid dienone is 1. The quantitative estimate of drug-likeness (QED) is 0.648. The van der Waals surface area contributed by atoms with Crippen LogP contribution in [0.2, 0.25) is 0 Å². The van der Waals surface area contributed by atoms with Gasteiger partial charge in [0.1, 0.15) is 0 Å². The number of aliphatic hydroxyl groups excluding tert-OH is 1. The van der Waals surface area contributed by atoms with Gasteiger partial charge in [-0.3, -0.25) is 4.79 Å². The lowest BCUT2D eigenvalue weighted by Gasteiger charge is -2.31. The minimum atomic E-state index is -0.458. The van der Waals surface area contributed by atoms with E-state index >= 15 is 0 Å². The molecule has 6 nitrogen and oxygen atoms in total. The summed E-state index contributed by atoms with van der Waals surface area (Å²) in [5.74, 6) is 1.35. The van der Waals surface area contributed by atoms with Crippen molar-refractivity contribution in [3.63, 3.8) is 0 Å². The van der Waals surface area contributed by atoms with Crippen LogP contribution in [0, 0.1) is 0 Å². The number of rotatable bonds is 4. The fourth-order valence-electron chi connectivity index (χ4n) is 5.03. The summed E-state index contributed by atoms with van der Waals surface area (Å²) >= 11 is 0. The first-order valence-corrected chi connectivity index (χ1v) is 11.4. The summed E-state index contributed by atoms with van der Waals surface area (Å²) in [7, 11) is 3.26. The molecule has 1 saturated heterocycles. The van der Waals surface area contributed by atoms with Crippen LogP contribution in [0.4, 0.5) is 0 Å². The molecule has 2 aliphatic rings. The average molecular weight is 445 g/mol. The molecule has 1 aromatic heterocycles. The number of β-amino-alcohol motifs (C(OH)–C–C–N with tert-alkyl or cyclic N) is 1. The number of amides is 1. The first kappa shape index (κ1) is 21.5. The van der Waals surface area contributed by atoms with Crippen LogP contribution in [-0.4, -0.2) is 54.3 Å². The largest absolute Gasteiger partial charge is 0.493 e. The van der Waals surface area contributed by atoms with Gasteiger partial charge >= 0.3 is 0 Å². The van der Waals surface area contributed by atoms with E-state index in [-0.39, 0.29) is 5.91 Å². The number of aliphatic hydroxyl groups is 1. The van der Waals surface area contributed by atoms with Gasteiger partial charge in [0, 0.05) is 24.0 Å². The fourth-order valence-corrected chi connectivity index (χ4v) is 5.03. The molecule has 1 amide bonds.